The quantitative estimate of drug-likeness (QED) is 0.622. The molecule has 2 aromatic heterocycles. The maximum absolute atomic E-state index is 10.6. The predicted octanol–water partition coefficient (Wildman–Crippen LogP) is 2.71. The third-order valence-corrected chi connectivity index (χ3v) is 5.74. The van der Waals surface area contributed by atoms with Crippen LogP contribution in [-0.2, 0) is 0 Å². The molecule has 0 saturated carbocycles. The predicted molar refractivity (Wildman–Crippen MR) is 115 cm³/mol. The van der Waals surface area contributed by atoms with E-state index in [1.54, 1.807) is 18.3 Å². The molecule has 2 aromatic rings. The lowest BCUT2D eigenvalue weighted by Crippen LogP contribution is -2.47. The van der Waals surface area contributed by atoms with E-state index in [-0.39, 0.29) is 0 Å². The van der Waals surface area contributed by atoms with Gasteiger partial charge in [-0.2, -0.15) is 5.26 Å². The van der Waals surface area contributed by atoms with Crippen molar-refractivity contribution in [1.29, 1.82) is 5.26 Å². The summed E-state index contributed by atoms with van der Waals surface area (Å²) < 4.78 is 0. The van der Waals surface area contributed by atoms with Crippen LogP contribution < -0.4 is 16.0 Å². The summed E-state index contributed by atoms with van der Waals surface area (Å²) in [6.45, 7) is 3.99. The van der Waals surface area contributed by atoms with Gasteiger partial charge in [0.1, 0.15) is 23.4 Å². The highest BCUT2D eigenvalue weighted by Gasteiger charge is 2.34. The highest BCUT2D eigenvalue weighted by Crippen LogP contribution is 2.32. The molecule has 0 bridgehead atoms. The number of nitrogens with zero attached hydrogens (tertiary/aromatic N) is 3. The van der Waals surface area contributed by atoms with E-state index < -0.39 is 11.6 Å². The Kier molecular flexibility index (Phi) is 5.47. The molecule has 0 aromatic carbocycles. The third kappa shape index (κ3) is 3.95. The number of nitrogens with one attached hydrogen (secondary N) is 3. The molecule has 7 heteroatoms. The number of aliphatic hydroxyl groups is 1. The fourth-order valence-electron chi connectivity index (χ4n) is 3.98. The van der Waals surface area contributed by atoms with Crippen LogP contribution in [0.3, 0.4) is 0 Å². The second-order valence-corrected chi connectivity index (χ2v) is 7.65. The van der Waals surface area contributed by atoms with Gasteiger partial charge in [-0.05, 0) is 37.9 Å². The standard InChI is InChI=1S/C22H26N6O/c1-2-22(8-4-3-7-19(22)29)28-21-18-11-20(26-16-6-5-9-24-14-16)25-13-15(18)10-17(12-23)27-21/h3-4,7-8,10-11,13,16,19,24,29H,2,5-6,9,14H2,1H3,(H,25,26)(H,27,28)/t16-,19?,22-/m0/s1. The van der Waals surface area contributed by atoms with Crippen molar-refractivity contribution in [3.05, 3.63) is 48.3 Å². The first-order valence-electron chi connectivity index (χ1n) is 10.1. The number of nitriles is 1. The number of anilines is 2. The van der Waals surface area contributed by atoms with Crippen LogP contribution in [0.15, 0.2) is 42.6 Å². The van der Waals surface area contributed by atoms with Crippen LogP contribution in [0, 0.1) is 11.3 Å². The first-order valence-corrected chi connectivity index (χ1v) is 10.1. The Morgan fingerprint density at radius 1 is 1.38 bits per heavy atom. The van der Waals surface area contributed by atoms with E-state index >= 15 is 0 Å². The number of fused-ring (bicyclic) bond motifs is 1. The van der Waals surface area contributed by atoms with Crippen molar-refractivity contribution in [2.24, 2.45) is 0 Å². The molecule has 3 heterocycles. The molecule has 1 aliphatic heterocycles. The molecular weight excluding hydrogens is 364 g/mol. The van der Waals surface area contributed by atoms with Gasteiger partial charge in [-0.1, -0.05) is 31.2 Å². The molecule has 1 aliphatic carbocycles. The molecule has 7 nitrogen and oxygen atoms in total. The van der Waals surface area contributed by atoms with Gasteiger partial charge in [0.15, 0.2) is 0 Å². The second-order valence-electron chi connectivity index (χ2n) is 7.65. The number of rotatable bonds is 5. The molecule has 3 atom stereocenters. The largest absolute Gasteiger partial charge is 0.386 e. The molecule has 1 saturated heterocycles. The summed E-state index contributed by atoms with van der Waals surface area (Å²) in [6, 6.07) is 6.17. The van der Waals surface area contributed by atoms with Crippen molar-refractivity contribution < 1.29 is 5.11 Å². The lowest BCUT2D eigenvalue weighted by molar-refractivity contribution is 0.160. The van der Waals surface area contributed by atoms with Crippen LogP contribution in [-0.4, -0.2) is 45.8 Å². The molecule has 1 unspecified atom stereocenters. The first-order chi connectivity index (χ1) is 14.1. The summed E-state index contributed by atoms with van der Waals surface area (Å²) in [5.74, 6) is 1.36. The third-order valence-electron chi connectivity index (χ3n) is 5.74. The molecule has 29 heavy (non-hydrogen) atoms. The minimum atomic E-state index is -0.687. The molecular formula is C22H26N6O. The van der Waals surface area contributed by atoms with Crippen molar-refractivity contribution in [2.75, 3.05) is 23.7 Å². The fraction of sp³-hybridized carbons (Fsp3) is 0.409. The lowest BCUT2D eigenvalue weighted by atomic mass is 9.85. The molecule has 150 valence electrons. The van der Waals surface area contributed by atoms with Gasteiger partial charge >= 0.3 is 0 Å². The van der Waals surface area contributed by atoms with Gasteiger partial charge in [-0.3, -0.25) is 0 Å². The van der Waals surface area contributed by atoms with Crippen molar-refractivity contribution in [1.82, 2.24) is 15.3 Å². The zero-order chi connectivity index (χ0) is 20.3. The number of aliphatic hydroxyl groups excluding tert-OH is 1. The number of pyridine rings is 2. The summed E-state index contributed by atoms with van der Waals surface area (Å²) in [5, 5.41) is 32.1. The van der Waals surface area contributed by atoms with Gasteiger partial charge < -0.3 is 21.1 Å². The van der Waals surface area contributed by atoms with Crippen molar-refractivity contribution in [2.45, 2.75) is 43.9 Å². The maximum Gasteiger partial charge on any atom is 0.143 e. The number of allylic oxidation sites excluding steroid dienone is 2. The van der Waals surface area contributed by atoms with E-state index in [0.29, 0.717) is 24.0 Å². The van der Waals surface area contributed by atoms with E-state index in [9.17, 15) is 10.4 Å². The Balaban J connectivity index is 1.72. The summed E-state index contributed by atoms with van der Waals surface area (Å²) in [6.07, 6.45) is 11.5. The molecule has 0 amide bonds. The van der Waals surface area contributed by atoms with E-state index in [1.165, 1.54) is 0 Å². The zero-order valence-corrected chi connectivity index (χ0v) is 16.5. The molecule has 4 N–H and O–H groups in total. The van der Waals surface area contributed by atoms with Gasteiger partial charge in [-0.25, -0.2) is 9.97 Å². The van der Waals surface area contributed by atoms with Crippen LogP contribution in [0.1, 0.15) is 31.9 Å². The normalized spacial score (nSPS) is 26.2. The van der Waals surface area contributed by atoms with E-state index in [0.717, 1.165) is 42.5 Å². The molecule has 2 aliphatic rings. The van der Waals surface area contributed by atoms with Gasteiger partial charge in [0.2, 0.25) is 0 Å². The Morgan fingerprint density at radius 2 is 2.28 bits per heavy atom. The van der Waals surface area contributed by atoms with E-state index in [2.05, 4.69) is 32.0 Å². The number of piperidine rings is 1. The SMILES string of the molecule is CC[C@]1(Nc2nc(C#N)cc3cnc(N[C@H]4CCCNC4)cc23)C=CC=CC1O. The maximum atomic E-state index is 10.6. The smallest absolute Gasteiger partial charge is 0.143 e. The average molecular weight is 390 g/mol. The van der Waals surface area contributed by atoms with Crippen molar-refractivity contribution in [3.63, 3.8) is 0 Å². The lowest BCUT2D eigenvalue weighted by Gasteiger charge is -2.36. The van der Waals surface area contributed by atoms with Crippen molar-refractivity contribution >= 4 is 22.4 Å². The Morgan fingerprint density at radius 3 is 3.00 bits per heavy atom. The van der Waals surface area contributed by atoms with Crippen LogP contribution in [0.25, 0.3) is 10.8 Å². The Labute approximate surface area is 170 Å². The van der Waals surface area contributed by atoms with Gasteiger partial charge in [-0.15, -0.1) is 0 Å². The zero-order valence-electron chi connectivity index (χ0n) is 16.5. The Bertz CT molecular complexity index is 989. The molecule has 0 spiro atoms. The first kappa shape index (κ1) is 19.4. The highest BCUT2D eigenvalue weighted by atomic mass is 16.3. The summed E-state index contributed by atoms with van der Waals surface area (Å²) in [5.41, 5.74) is -0.359. The molecule has 0 radical (unpaired) electrons. The summed E-state index contributed by atoms with van der Waals surface area (Å²) in [7, 11) is 0. The van der Waals surface area contributed by atoms with Crippen molar-refractivity contribution in [3.8, 4) is 6.07 Å². The van der Waals surface area contributed by atoms with Crippen LogP contribution in [0.2, 0.25) is 0 Å². The van der Waals surface area contributed by atoms with Gasteiger partial charge in [0, 0.05) is 29.6 Å². The molecule has 4 rings (SSSR count). The van der Waals surface area contributed by atoms with Crippen LogP contribution in [0.4, 0.5) is 11.6 Å². The summed E-state index contributed by atoms with van der Waals surface area (Å²) in [4.78, 5) is 9.06. The average Bonchev–Trinajstić information content (AvgIpc) is 2.76. The van der Waals surface area contributed by atoms with E-state index in [1.807, 2.05) is 31.2 Å². The number of aromatic nitrogens is 2. The van der Waals surface area contributed by atoms with Gasteiger partial charge in [0.05, 0.1) is 11.6 Å². The fourth-order valence-corrected chi connectivity index (χ4v) is 3.98. The minimum Gasteiger partial charge on any atom is -0.386 e. The van der Waals surface area contributed by atoms with Crippen LogP contribution in [0.5, 0.6) is 0 Å². The summed E-state index contributed by atoms with van der Waals surface area (Å²) >= 11 is 0. The second kappa shape index (κ2) is 8.19. The minimum absolute atomic E-state index is 0.315. The number of hydrogen-bond acceptors (Lipinski definition) is 7. The molecule has 1 fully saturated rings. The highest BCUT2D eigenvalue weighted by molar-refractivity contribution is 5.94. The number of hydrogen-bond donors (Lipinski definition) is 4. The van der Waals surface area contributed by atoms with E-state index in [4.69, 9.17) is 0 Å². The van der Waals surface area contributed by atoms with Crippen LogP contribution >= 0.6 is 0 Å². The topological polar surface area (TPSA) is 106 Å². The Hall–Kier alpha value is -2.95. The monoisotopic (exact) mass is 390 g/mol. The van der Waals surface area contributed by atoms with Gasteiger partial charge in [0.25, 0.3) is 0 Å².